The minimum atomic E-state index is -0.406. The summed E-state index contributed by atoms with van der Waals surface area (Å²) in [4.78, 5) is 27.3. The maximum atomic E-state index is 11.7. The number of nitrogens with zero attached hydrogens (tertiary/aromatic N) is 1. The van der Waals surface area contributed by atoms with E-state index in [9.17, 15) is 9.59 Å². The van der Waals surface area contributed by atoms with Gasteiger partial charge in [0.2, 0.25) is 11.8 Å². The Labute approximate surface area is 134 Å². The smallest absolute Gasteiger partial charge is 0.315 e. The number of anilines is 1. The first kappa shape index (κ1) is 16.3. The van der Waals surface area contributed by atoms with Crippen LogP contribution in [-0.4, -0.2) is 30.6 Å². The van der Waals surface area contributed by atoms with E-state index >= 15 is 0 Å². The summed E-state index contributed by atoms with van der Waals surface area (Å²) in [7, 11) is 1.51. The number of ether oxygens (including phenoxy) is 1. The van der Waals surface area contributed by atoms with E-state index in [1.54, 1.807) is 12.1 Å². The van der Waals surface area contributed by atoms with Crippen LogP contribution in [0.5, 0.6) is 5.88 Å². The van der Waals surface area contributed by atoms with Gasteiger partial charge in [0.15, 0.2) is 0 Å². The van der Waals surface area contributed by atoms with Gasteiger partial charge in [-0.25, -0.2) is 9.78 Å². The van der Waals surface area contributed by atoms with Crippen molar-refractivity contribution >= 4 is 17.6 Å². The molecule has 0 bridgehead atoms. The number of carbonyl (C=O) groups excluding carboxylic acids is 2. The molecule has 23 heavy (non-hydrogen) atoms. The molecule has 0 aliphatic heterocycles. The summed E-state index contributed by atoms with van der Waals surface area (Å²) in [6, 6.07) is 12.4. The van der Waals surface area contributed by atoms with Gasteiger partial charge in [-0.05, 0) is 11.6 Å². The molecule has 0 radical (unpaired) electrons. The zero-order chi connectivity index (χ0) is 16.5. The number of hydrogen-bond acceptors (Lipinski definition) is 4. The molecule has 3 amide bonds. The highest BCUT2D eigenvalue weighted by molar-refractivity contribution is 5.94. The SMILES string of the molecule is COc1ccc(NC(=O)CNC(=O)NCc2ccccc2)cn1. The van der Waals surface area contributed by atoms with Crippen LogP contribution >= 0.6 is 0 Å². The Balaban J connectivity index is 1.69. The maximum Gasteiger partial charge on any atom is 0.315 e. The second kappa shape index (κ2) is 8.38. The second-order valence-electron chi connectivity index (χ2n) is 4.66. The minimum absolute atomic E-state index is 0.132. The van der Waals surface area contributed by atoms with Crippen LogP contribution in [0.2, 0.25) is 0 Å². The van der Waals surface area contributed by atoms with Crippen molar-refractivity contribution in [3.8, 4) is 5.88 Å². The van der Waals surface area contributed by atoms with Crippen molar-refractivity contribution in [1.82, 2.24) is 15.6 Å². The molecule has 120 valence electrons. The third kappa shape index (κ3) is 5.66. The standard InChI is InChI=1S/C16H18N4O3/c1-23-15-8-7-13(10-17-15)20-14(21)11-19-16(22)18-9-12-5-3-2-4-6-12/h2-8,10H,9,11H2,1H3,(H,20,21)(H2,18,19,22). The van der Waals surface area contributed by atoms with Crippen LogP contribution in [0.4, 0.5) is 10.5 Å². The molecule has 0 aliphatic rings. The van der Waals surface area contributed by atoms with Crippen molar-refractivity contribution in [3.63, 3.8) is 0 Å². The van der Waals surface area contributed by atoms with Gasteiger partial charge >= 0.3 is 6.03 Å². The molecule has 0 atom stereocenters. The maximum absolute atomic E-state index is 11.7. The Morgan fingerprint density at radius 1 is 1.09 bits per heavy atom. The fourth-order valence-corrected chi connectivity index (χ4v) is 1.78. The van der Waals surface area contributed by atoms with Crippen LogP contribution in [0, 0.1) is 0 Å². The summed E-state index contributed by atoms with van der Waals surface area (Å²) in [5.74, 6) is 0.119. The van der Waals surface area contributed by atoms with Crippen LogP contribution in [0.1, 0.15) is 5.56 Å². The molecule has 2 aromatic rings. The fourth-order valence-electron chi connectivity index (χ4n) is 1.78. The molecule has 0 fully saturated rings. The summed E-state index contributed by atoms with van der Waals surface area (Å²) >= 11 is 0. The molecule has 0 saturated carbocycles. The van der Waals surface area contributed by atoms with E-state index in [4.69, 9.17) is 4.74 Å². The lowest BCUT2D eigenvalue weighted by molar-refractivity contribution is -0.115. The number of carbonyl (C=O) groups is 2. The molecule has 1 heterocycles. The number of hydrogen-bond donors (Lipinski definition) is 3. The Kier molecular flexibility index (Phi) is 5.93. The second-order valence-corrected chi connectivity index (χ2v) is 4.66. The van der Waals surface area contributed by atoms with Gasteiger partial charge in [-0.3, -0.25) is 4.79 Å². The summed E-state index contributed by atoms with van der Waals surface area (Å²) < 4.78 is 4.93. The van der Waals surface area contributed by atoms with Crippen molar-refractivity contribution < 1.29 is 14.3 Å². The number of methoxy groups -OCH3 is 1. The number of aromatic nitrogens is 1. The van der Waals surface area contributed by atoms with Crippen molar-refractivity contribution in [3.05, 3.63) is 54.2 Å². The van der Waals surface area contributed by atoms with Crippen LogP contribution in [0.3, 0.4) is 0 Å². The molecular formula is C16H18N4O3. The number of rotatable bonds is 6. The molecule has 7 heteroatoms. The highest BCUT2D eigenvalue weighted by Gasteiger charge is 2.06. The number of amides is 3. The molecule has 0 aliphatic carbocycles. The van der Waals surface area contributed by atoms with E-state index in [1.807, 2.05) is 30.3 Å². The highest BCUT2D eigenvalue weighted by Crippen LogP contribution is 2.10. The van der Waals surface area contributed by atoms with E-state index < -0.39 is 6.03 Å². The normalized spacial score (nSPS) is 9.78. The Bertz CT molecular complexity index is 644. The molecule has 0 saturated heterocycles. The third-order valence-corrected chi connectivity index (χ3v) is 2.93. The molecule has 1 aromatic heterocycles. The first-order valence-corrected chi connectivity index (χ1v) is 7.03. The van der Waals surface area contributed by atoms with Crippen LogP contribution in [0.25, 0.3) is 0 Å². The first-order chi connectivity index (χ1) is 11.2. The van der Waals surface area contributed by atoms with E-state index in [-0.39, 0.29) is 12.5 Å². The van der Waals surface area contributed by atoms with Gasteiger partial charge in [-0.15, -0.1) is 0 Å². The summed E-state index contributed by atoms with van der Waals surface area (Å²) in [5, 5.41) is 7.79. The van der Waals surface area contributed by atoms with Crippen LogP contribution in [-0.2, 0) is 11.3 Å². The average molecular weight is 314 g/mol. The zero-order valence-electron chi connectivity index (χ0n) is 12.7. The van der Waals surface area contributed by atoms with Crippen molar-refractivity contribution in [2.75, 3.05) is 19.0 Å². The van der Waals surface area contributed by atoms with E-state index in [2.05, 4.69) is 20.9 Å². The molecule has 1 aromatic carbocycles. The van der Waals surface area contributed by atoms with Gasteiger partial charge in [-0.2, -0.15) is 0 Å². The lowest BCUT2D eigenvalue weighted by atomic mass is 10.2. The molecular weight excluding hydrogens is 296 g/mol. The van der Waals surface area contributed by atoms with Crippen LogP contribution in [0.15, 0.2) is 48.7 Å². The van der Waals surface area contributed by atoms with Crippen molar-refractivity contribution in [2.24, 2.45) is 0 Å². The van der Waals surface area contributed by atoms with Crippen molar-refractivity contribution in [1.29, 1.82) is 0 Å². The Morgan fingerprint density at radius 3 is 2.52 bits per heavy atom. The Hall–Kier alpha value is -3.09. The number of benzene rings is 1. The quantitative estimate of drug-likeness (QED) is 0.754. The predicted octanol–water partition coefficient (Wildman–Crippen LogP) is 1.53. The molecule has 0 unspecified atom stereocenters. The topological polar surface area (TPSA) is 92.4 Å². The monoisotopic (exact) mass is 314 g/mol. The lowest BCUT2D eigenvalue weighted by Gasteiger charge is -2.08. The van der Waals surface area contributed by atoms with Crippen molar-refractivity contribution in [2.45, 2.75) is 6.54 Å². The average Bonchev–Trinajstić information content (AvgIpc) is 2.60. The summed E-state index contributed by atoms with van der Waals surface area (Å²) in [6.07, 6.45) is 1.48. The number of pyridine rings is 1. The van der Waals surface area contributed by atoms with Gasteiger partial charge < -0.3 is 20.7 Å². The zero-order valence-corrected chi connectivity index (χ0v) is 12.7. The highest BCUT2D eigenvalue weighted by atomic mass is 16.5. The summed E-state index contributed by atoms with van der Waals surface area (Å²) in [6.45, 7) is 0.267. The van der Waals surface area contributed by atoms with Crippen LogP contribution < -0.4 is 20.7 Å². The number of nitrogens with one attached hydrogen (secondary N) is 3. The minimum Gasteiger partial charge on any atom is -0.481 e. The van der Waals surface area contributed by atoms with Gasteiger partial charge in [-0.1, -0.05) is 30.3 Å². The predicted molar refractivity (Wildman–Crippen MR) is 86.1 cm³/mol. The van der Waals surface area contributed by atoms with Gasteiger partial charge in [0.25, 0.3) is 0 Å². The molecule has 7 nitrogen and oxygen atoms in total. The van der Waals surface area contributed by atoms with Gasteiger partial charge in [0.05, 0.1) is 25.5 Å². The first-order valence-electron chi connectivity index (χ1n) is 7.03. The van der Waals surface area contributed by atoms with E-state index in [0.717, 1.165) is 5.56 Å². The molecule has 3 N–H and O–H groups in total. The van der Waals surface area contributed by atoms with Gasteiger partial charge in [0, 0.05) is 12.6 Å². The van der Waals surface area contributed by atoms with Gasteiger partial charge in [0.1, 0.15) is 0 Å². The largest absolute Gasteiger partial charge is 0.481 e. The Morgan fingerprint density at radius 2 is 1.87 bits per heavy atom. The molecule has 0 spiro atoms. The lowest BCUT2D eigenvalue weighted by Crippen LogP contribution is -2.39. The molecule has 2 rings (SSSR count). The van der Waals surface area contributed by atoms with E-state index in [1.165, 1.54) is 13.3 Å². The number of urea groups is 1. The summed E-state index contributed by atoms with van der Waals surface area (Å²) in [5.41, 5.74) is 1.51. The van der Waals surface area contributed by atoms with E-state index in [0.29, 0.717) is 18.1 Å². The fraction of sp³-hybridized carbons (Fsp3) is 0.188. The third-order valence-electron chi connectivity index (χ3n) is 2.93.